The van der Waals surface area contributed by atoms with Gasteiger partial charge in [-0.25, -0.2) is 4.98 Å². The highest BCUT2D eigenvalue weighted by molar-refractivity contribution is 7.13. The van der Waals surface area contributed by atoms with Gasteiger partial charge in [-0.3, -0.25) is 19.7 Å². The molecule has 2 aromatic carbocycles. The van der Waals surface area contributed by atoms with E-state index in [4.69, 9.17) is 9.47 Å². The molecule has 1 aliphatic rings. The smallest absolute Gasteiger partial charge is 0.257 e. The molecule has 3 aromatic rings. The van der Waals surface area contributed by atoms with Crippen molar-refractivity contribution in [3.63, 3.8) is 0 Å². The summed E-state index contributed by atoms with van der Waals surface area (Å²) >= 11 is 1.32. The van der Waals surface area contributed by atoms with Gasteiger partial charge in [0.2, 0.25) is 5.91 Å². The van der Waals surface area contributed by atoms with Crippen molar-refractivity contribution >= 4 is 34.2 Å². The van der Waals surface area contributed by atoms with Gasteiger partial charge in [0.25, 0.3) is 11.8 Å². The van der Waals surface area contributed by atoms with E-state index in [-0.39, 0.29) is 30.4 Å². The normalized spacial score (nSPS) is 13.4. The van der Waals surface area contributed by atoms with E-state index in [2.05, 4.69) is 15.6 Å². The highest BCUT2D eigenvalue weighted by Gasteiger charge is 2.22. The standard InChI is InChI=1S/C24H24N4O5S/c1-15(2)32-19-11-17(22(30)27-24-26-8-10-34-24)12-20(13-19)33-18-5-3-16(4-6-18)23(31)28-9-7-25-21(29)14-28/h3-6,8,10-13,15H,7,9,14H2,1-2H3,(H,25,29)(H,26,27,30). The van der Waals surface area contributed by atoms with Gasteiger partial charge in [-0.1, -0.05) is 0 Å². The summed E-state index contributed by atoms with van der Waals surface area (Å²) in [5, 5.41) is 7.72. The van der Waals surface area contributed by atoms with Gasteiger partial charge < -0.3 is 19.7 Å². The van der Waals surface area contributed by atoms with E-state index in [0.717, 1.165) is 0 Å². The van der Waals surface area contributed by atoms with Gasteiger partial charge in [0.15, 0.2) is 5.13 Å². The molecule has 0 spiro atoms. The summed E-state index contributed by atoms with van der Waals surface area (Å²) < 4.78 is 11.8. The number of hydrogen-bond donors (Lipinski definition) is 2. The molecule has 0 unspecified atom stereocenters. The number of anilines is 1. The minimum absolute atomic E-state index is 0.0472. The first-order valence-electron chi connectivity index (χ1n) is 10.7. The molecule has 10 heteroatoms. The third-order valence-corrected chi connectivity index (χ3v) is 5.52. The fraction of sp³-hybridized carbons (Fsp3) is 0.250. The first-order valence-corrected chi connectivity index (χ1v) is 11.6. The number of thiazole rings is 1. The van der Waals surface area contributed by atoms with Crippen LogP contribution in [0.5, 0.6) is 17.2 Å². The number of amides is 3. The molecule has 1 saturated heterocycles. The second kappa shape index (κ2) is 10.3. The van der Waals surface area contributed by atoms with E-state index in [1.54, 1.807) is 54.0 Å². The summed E-state index contributed by atoms with van der Waals surface area (Å²) in [4.78, 5) is 42.5. The predicted molar refractivity (Wildman–Crippen MR) is 128 cm³/mol. The van der Waals surface area contributed by atoms with Crippen molar-refractivity contribution in [3.05, 3.63) is 65.2 Å². The predicted octanol–water partition coefficient (Wildman–Crippen LogP) is 3.55. The minimum atomic E-state index is -0.333. The molecule has 34 heavy (non-hydrogen) atoms. The number of nitrogens with one attached hydrogen (secondary N) is 2. The lowest BCUT2D eigenvalue weighted by Crippen LogP contribution is -2.49. The second-order valence-electron chi connectivity index (χ2n) is 7.85. The Morgan fingerprint density at radius 2 is 1.85 bits per heavy atom. The van der Waals surface area contributed by atoms with Crippen molar-refractivity contribution in [2.75, 3.05) is 25.0 Å². The van der Waals surface area contributed by atoms with Crippen LogP contribution in [0.2, 0.25) is 0 Å². The quantitative estimate of drug-likeness (QED) is 0.535. The summed E-state index contributed by atoms with van der Waals surface area (Å²) in [5.74, 6) is 0.676. The van der Waals surface area contributed by atoms with Crippen LogP contribution in [-0.2, 0) is 4.79 Å². The molecule has 2 heterocycles. The lowest BCUT2D eigenvalue weighted by molar-refractivity contribution is -0.123. The topological polar surface area (TPSA) is 110 Å². The summed E-state index contributed by atoms with van der Waals surface area (Å²) in [7, 11) is 0. The number of rotatable bonds is 7. The molecule has 3 amide bonds. The molecule has 1 fully saturated rings. The maximum atomic E-state index is 12.7. The third-order valence-electron chi connectivity index (χ3n) is 4.83. The van der Waals surface area contributed by atoms with Crippen molar-refractivity contribution in [2.24, 2.45) is 0 Å². The van der Waals surface area contributed by atoms with Crippen LogP contribution in [0.1, 0.15) is 34.6 Å². The lowest BCUT2D eigenvalue weighted by Gasteiger charge is -2.26. The number of nitrogens with zero attached hydrogens (tertiary/aromatic N) is 2. The Balaban J connectivity index is 1.51. The Kier molecular flexibility index (Phi) is 7.07. The molecular formula is C24H24N4O5S. The molecule has 0 bridgehead atoms. The molecule has 4 rings (SSSR count). The fourth-order valence-electron chi connectivity index (χ4n) is 3.35. The van der Waals surface area contributed by atoms with E-state index in [1.165, 1.54) is 16.2 Å². The Morgan fingerprint density at radius 3 is 2.53 bits per heavy atom. The highest BCUT2D eigenvalue weighted by atomic mass is 32.1. The van der Waals surface area contributed by atoms with Crippen LogP contribution in [0.15, 0.2) is 54.0 Å². The van der Waals surface area contributed by atoms with Gasteiger partial charge in [0.1, 0.15) is 17.2 Å². The molecule has 176 valence electrons. The number of carbonyl (C=O) groups is 3. The number of benzene rings is 2. The van der Waals surface area contributed by atoms with Crippen LogP contribution < -0.4 is 20.1 Å². The van der Waals surface area contributed by atoms with E-state index in [1.807, 2.05) is 13.8 Å². The number of aromatic nitrogens is 1. The first kappa shape index (κ1) is 23.2. The molecule has 2 N–H and O–H groups in total. The maximum absolute atomic E-state index is 12.7. The Hall–Kier alpha value is -3.92. The summed E-state index contributed by atoms with van der Waals surface area (Å²) in [5.41, 5.74) is 0.820. The minimum Gasteiger partial charge on any atom is -0.491 e. The molecule has 9 nitrogen and oxygen atoms in total. The molecule has 1 aromatic heterocycles. The lowest BCUT2D eigenvalue weighted by atomic mass is 10.1. The van der Waals surface area contributed by atoms with Crippen molar-refractivity contribution in [1.29, 1.82) is 0 Å². The van der Waals surface area contributed by atoms with Crippen molar-refractivity contribution in [2.45, 2.75) is 20.0 Å². The number of ether oxygens (including phenoxy) is 2. The Bertz CT molecular complexity index is 1180. The second-order valence-corrected chi connectivity index (χ2v) is 8.75. The maximum Gasteiger partial charge on any atom is 0.257 e. The Labute approximate surface area is 200 Å². The van der Waals surface area contributed by atoms with E-state index in [9.17, 15) is 14.4 Å². The van der Waals surface area contributed by atoms with Gasteiger partial charge in [0.05, 0.1) is 12.6 Å². The van der Waals surface area contributed by atoms with Gasteiger partial charge in [-0.15, -0.1) is 11.3 Å². The molecule has 0 radical (unpaired) electrons. The first-order chi connectivity index (χ1) is 16.4. The van der Waals surface area contributed by atoms with Crippen LogP contribution in [0.25, 0.3) is 0 Å². The van der Waals surface area contributed by atoms with E-state index >= 15 is 0 Å². The Morgan fingerprint density at radius 1 is 1.09 bits per heavy atom. The van der Waals surface area contributed by atoms with Crippen LogP contribution in [0.3, 0.4) is 0 Å². The molecule has 0 saturated carbocycles. The van der Waals surface area contributed by atoms with Gasteiger partial charge in [0, 0.05) is 41.9 Å². The number of piperazine rings is 1. The fourth-order valence-corrected chi connectivity index (χ4v) is 3.88. The number of carbonyl (C=O) groups excluding carboxylic acids is 3. The van der Waals surface area contributed by atoms with Gasteiger partial charge in [-0.05, 0) is 50.2 Å². The monoisotopic (exact) mass is 480 g/mol. The summed E-state index contributed by atoms with van der Waals surface area (Å²) in [6.45, 7) is 4.75. The van der Waals surface area contributed by atoms with Crippen molar-refractivity contribution < 1.29 is 23.9 Å². The summed E-state index contributed by atoms with van der Waals surface area (Å²) in [6, 6.07) is 11.6. The van der Waals surface area contributed by atoms with Crippen LogP contribution >= 0.6 is 11.3 Å². The molecule has 1 aliphatic heterocycles. The molecular weight excluding hydrogens is 456 g/mol. The highest BCUT2D eigenvalue weighted by Crippen LogP contribution is 2.29. The average Bonchev–Trinajstić information content (AvgIpc) is 3.31. The average molecular weight is 481 g/mol. The van der Waals surface area contributed by atoms with Crippen molar-refractivity contribution in [3.8, 4) is 17.2 Å². The SMILES string of the molecule is CC(C)Oc1cc(Oc2ccc(C(=O)N3CCNC(=O)C3)cc2)cc(C(=O)Nc2nccs2)c1. The zero-order valence-corrected chi connectivity index (χ0v) is 19.6. The zero-order chi connectivity index (χ0) is 24.1. The van der Waals surface area contributed by atoms with E-state index in [0.29, 0.717) is 46.6 Å². The van der Waals surface area contributed by atoms with Gasteiger partial charge in [-0.2, -0.15) is 0 Å². The van der Waals surface area contributed by atoms with Crippen LogP contribution in [-0.4, -0.2) is 53.3 Å². The van der Waals surface area contributed by atoms with Crippen LogP contribution in [0, 0.1) is 0 Å². The van der Waals surface area contributed by atoms with Crippen LogP contribution in [0.4, 0.5) is 5.13 Å². The zero-order valence-electron chi connectivity index (χ0n) is 18.7. The van der Waals surface area contributed by atoms with E-state index < -0.39 is 0 Å². The number of hydrogen-bond acceptors (Lipinski definition) is 7. The molecule has 0 aliphatic carbocycles. The summed E-state index contributed by atoms with van der Waals surface area (Å²) in [6.07, 6.45) is 1.52. The van der Waals surface area contributed by atoms with Crippen molar-refractivity contribution in [1.82, 2.24) is 15.2 Å². The molecule has 0 atom stereocenters. The largest absolute Gasteiger partial charge is 0.491 e. The van der Waals surface area contributed by atoms with Gasteiger partial charge >= 0.3 is 0 Å². The third kappa shape index (κ3) is 5.90.